The highest BCUT2D eigenvalue weighted by atomic mass is 32.2. The Bertz CT molecular complexity index is 1200. The molecule has 3 rings (SSSR count). The molecule has 2 aromatic carbocycles. The van der Waals surface area contributed by atoms with E-state index in [0.29, 0.717) is 6.42 Å². The zero-order valence-corrected chi connectivity index (χ0v) is 19.6. The number of hydrogen-bond acceptors (Lipinski definition) is 7. The van der Waals surface area contributed by atoms with Gasteiger partial charge in [-0.15, -0.1) is 0 Å². The highest BCUT2D eigenvalue weighted by Gasteiger charge is 2.49. The summed E-state index contributed by atoms with van der Waals surface area (Å²) in [7, 11) is -8.93. The van der Waals surface area contributed by atoms with Crippen LogP contribution in [0.2, 0.25) is 0 Å². The number of sulfone groups is 1. The minimum Gasteiger partial charge on any atom is -0.493 e. The van der Waals surface area contributed by atoms with Gasteiger partial charge in [0.25, 0.3) is 0 Å². The van der Waals surface area contributed by atoms with E-state index in [9.17, 15) is 30.0 Å². The zero-order valence-electron chi connectivity index (χ0n) is 17.9. The number of halogens is 3. The molecule has 0 unspecified atom stereocenters. The van der Waals surface area contributed by atoms with Gasteiger partial charge in [0.15, 0.2) is 21.3 Å². The van der Waals surface area contributed by atoms with Crippen molar-refractivity contribution >= 4 is 20.0 Å². The highest BCUT2D eigenvalue weighted by molar-refractivity contribution is 7.91. The molecule has 0 bridgehead atoms. The number of alkyl halides is 3. The van der Waals surface area contributed by atoms with Crippen LogP contribution in [0.15, 0.2) is 47.4 Å². The van der Waals surface area contributed by atoms with E-state index in [4.69, 9.17) is 4.74 Å². The van der Waals surface area contributed by atoms with E-state index in [1.54, 1.807) is 30.3 Å². The van der Waals surface area contributed by atoms with Gasteiger partial charge in [0.2, 0.25) is 0 Å². The van der Waals surface area contributed by atoms with Crippen LogP contribution in [0.25, 0.3) is 0 Å². The predicted molar refractivity (Wildman–Crippen MR) is 115 cm³/mol. The molecule has 0 fully saturated rings. The van der Waals surface area contributed by atoms with Crippen molar-refractivity contribution < 1.29 is 38.9 Å². The van der Waals surface area contributed by atoms with Gasteiger partial charge in [-0.2, -0.15) is 21.6 Å². The van der Waals surface area contributed by atoms with Crippen LogP contribution in [0, 0.1) is 0 Å². The Morgan fingerprint density at radius 1 is 1.12 bits per heavy atom. The monoisotopic (exact) mass is 507 g/mol. The van der Waals surface area contributed by atoms with Crippen molar-refractivity contribution in [3.8, 4) is 11.5 Å². The normalized spacial score (nSPS) is 20.5. The topological polar surface area (TPSA) is 98.8 Å². The highest BCUT2D eigenvalue weighted by Crippen LogP contribution is 2.41. The number of ether oxygens (including phenoxy) is 1. The first kappa shape index (κ1) is 25.3. The molecule has 1 heterocycles. The molecule has 1 aliphatic heterocycles. The maximum absolute atomic E-state index is 13.2. The quantitative estimate of drug-likeness (QED) is 0.448. The van der Waals surface area contributed by atoms with E-state index in [0.717, 1.165) is 31.6 Å². The molecule has 7 nitrogen and oxygen atoms in total. The van der Waals surface area contributed by atoms with Crippen molar-refractivity contribution in [1.29, 1.82) is 0 Å². The fraction of sp³-hybridized carbons (Fsp3) is 0.429. The summed E-state index contributed by atoms with van der Waals surface area (Å²) in [6, 6.07) is 9.90. The predicted octanol–water partition coefficient (Wildman–Crippen LogP) is 3.95. The molecular formula is C21H24F3NO6S2. The second-order valence-electron chi connectivity index (χ2n) is 7.66. The first-order chi connectivity index (χ1) is 15.4. The Morgan fingerprint density at radius 3 is 2.36 bits per heavy atom. The second-order valence-corrected chi connectivity index (χ2v) is 11.2. The van der Waals surface area contributed by atoms with Crippen LogP contribution in [-0.4, -0.2) is 41.2 Å². The van der Waals surface area contributed by atoms with Crippen LogP contribution >= 0.6 is 0 Å². The lowest BCUT2D eigenvalue weighted by molar-refractivity contribution is -0.0500. The molecule has 1 N–H and O–H groups in total. The Morgan fingerprint density at radius 2 is 1.79 bits per heavy atom. The maximum atomic E-state index is 13.2. The summed E-state index contributed by atoms with van der Waals surface area (Å²) >= 11 is 0. The van der Waals surface area contributed by atoms with Crippen molar-refractivity contribution in [3.63, 3.8) is 0 Å². The molecule has 0 spiro atoms. The van der Waals surface area contributed by atoms with Gasteiger partial charge in [0, 0.05) is 12.1 Å². The van der Waals surface area contributed by atoms with Crippen molar-refractivity contribution in [1.82, 2.24) is 5.32 Å². The molecule has 0 aliphatic carbocycles. The molecule has 2 aromatic rings. The number of benzene rings is 2. The third-order valence-corrected chi connectivity index (χ3v) is 8.12. The molecule has 0 saturated heterocycles. The second kappa shape index (κ2) is 9.51. The lowest BCUT2D eigenvalue weighted by atomic mass is 9.96. The summed E-state index contributed by atoms with van der Waals surface area (Å²) in [5.41, 5.74) is -4.73. The summed E-state index contributed by atoms with van der Waals surface area (Å²) in [6.07, 6.45) is 2.19. The van der Waals surface area contributed by atoms with Crippen LogP contribution in [0.3, 0.4) is 0 Å². The SMILES string of the molecule is CCCC[C@@H]1CS(=O)(=O)c2cc(OS(=O)(=O)C(F)(F)F)c(OC)cc2[C@@H](c2ccccc2)N1. The minimum atomic E-state index is -6.04. The molecule has 33 heavy (non-hydrogen) atoms. The van der Waals surface area contributed by atoms with Crippen LogP contribution in [0.4, 0.5) is 13.2 Å². The molecule has 0 amide bonds. The Hall–Kier alpha value is -2.31. The van der Waals surface area contributed by atoms with E-state index >= 15 is 0 Å². The molecule has 0 aromatic heterocycles. The Kier molecular flexibility index (Phi) is 7.30. The number of rotatable bonds is 7. The van der Waals surface area contributed by atoms with Crippen molar-refractivity contribution in [3.05, 3.63) is 53.6 Å². The van der Waals surface area contributed by atoms with Gasteiger partial charge < -0.3 is 14.2 Å². The third kappa shape index (κ3) is 5.44. The number of methoxy groups -OCH3 is 1. The first-order valence-corrected chi connectivity index (χ1v) is 13.2. The molecule has 0 saturated carbocycles. The van der Waals surface area contributed by atoms with Gasteiger partial charge in [-0.05, 0) is 23.6 Å². The molecule has 2 atom stereocenters. The standard InChI is InChI=1S/C21H24F3NO6S2/c1-3-4-10-15-13-32(26,27)19-12-18(31-33(28,29)21(22,23)24)17(30-2)11-16(19)20(25-15)14-8-6-5-7-9-14/h5-9,11-12,15,20,25H,3-4,10,13H2,1-2H3/t15-,20-/m1/s1. The smallest absolute Gasteiger partial charge is 0.493 e. The van der Waals surface area contributed by atoms with Gasteiger partial charge in [-0.1, -0.05) is 50.1 Å². The number of unbranched alkanes of at least 4 members (excludes halogenated alkanes) is 1. The zero-order chi connectivity index (χ0) is 24.4. The fourth-order valence-electron chi connectivity index (χ4n) is 3.71. The third-order valence-electron chi connectivity index (χ3n) is 5.29. The maximum Gasteiger partial charge on any atom is 0.534 e. The Balaban J connectivity index is 2.21. The van der Waals surface area contributed by atoms with E-state index in [-0.39, 0.29) is 22.0 Å². The summed E-state index contributed by atoms with van der Waals surface area (Å²) in [4.78, 5) is -0.309. The molecular weight excluding hydrogens is 483 g/mol. The van der Waals surface area contributed by atoms with E-state index in [1.165, 1.54) is 6.07 Å². The number of fused-ring (bicyclic) bond motifs is 1. The number of nitrogens with one attached hydrogen (secondary N) is 1. The molecule has 1 aliphatic rings. The van der Waals surface area contributed by atoms with Crippen LogP contribution in [0.5, 0.6) is 11.5 Å². The van der Waals surface area contributed by atoms with Crippen LogP contribution in [0.1, 0.15) is 43.4 Å². The largest absolute Gasteiger partial charge is 0.534 e. The lowest BCUT2D eigenvalue weighted by Gasteiger charge is -2.24. The average molecular weight is 508 g/mol. The average Bonchev–Trinajstić information content (AvgIpc) is 2.85. The van der Waals surface area contributed by atoms with Crippen LogP contribution in [-0.2, 0) is 20.0 Å². The van der Waals surface area contributed by atoms with Gasteiger partial charge in [0.1, 0.15) is 0 Å². The van der Waals surface area contributed by atoms with Gasteiger partial charge in [-0.3, -0.25) is 0 Å². The summed E-state index contributed by atoms with van der Waals surface area (Å²) in [6.45, 7) is 1.98. The molecule has 182 valence electrons. The summed E-state index contributed by atoms with van der Waals surface area (Å²) in [5, 5.41) is 3.35. The van der Waals surface area contributed by atoms with Crippen molar-refractivity contribution in [2.45, 2.75) is 48.7 Å². The van der Waals surface area contributed by atoms with E-state index in [2.05, 4.69) is 9.50 Å². The van der Waals surface area contributed by atoms with Gasteiger partial charge in [-0.25, -0.2) is 8.42 Å². The van der Waals surface area contributed by atoms with Crippen molar-refractivity contribution in [2.75, 3.05) is 12.9 Å². The number of hydrogen-bond donors (Lipinski definition) is 1. The Labute approximate surface area is 191 Å². The summed E-state index contributed by atoms with van der Waals surface area (Å²) in [5.74, 6) is -1.50. The lowest BCUT2D eigenvalue weighted by Crippen LogP contribution is -2.35. The summed E-state index contributed by atoms with van der Waals surface area (Å²) < 4.78 is 97.6. The fourth-order valence-corrected chi connectivity index (χ4v) is 5.96. The van der Waals surface area contributed by atoms with E-state index in [1.807, 2.05) is 6.92 Å². The van der Waals surface area contributed by atoms with Crippen molar-refractivity contribution in [2.24, 2.45) is 0 Å². The van der Waals surface area contributed by atoms with Gasteiger partial charge in [0.05, 0.1) is 23.8 Å². The van der Waals surface area contributed by atoms with Crippen LogP contribution < -0.4 is 14.2 Å². The molecule has 0 radical (unpaired) electrons. The van der Waals surface area contributed by atoms with Gasteiger partial charge >= 0.3 is 15.6 Å². The molecule has 12 heteroatoms. The van der Waals surface area contributed by atoms with E-state index < -0.39 is 43.3 Å². The minimum absolute atomic E-state index is 0.230. The first-order valence-electron chi connectivity index (χ1n) is 10.2.